The zero-order chi connectivity index (χ0) is 13.8. The summed E-state index contributed by atoms with van der Waals surface area (Å²) in [5, 5.41) is 13.2. The van der Waals surface area contributed by atoms with Crippen molar-refractivity contribution in [1.29, 1.82) is 0 Å². The van der Waals surface area contributed by atoms with Crippen molar-refractivity contribution in [3.63, 3.8) is 0 Å². The maximum Gasteiger partial charge on any atom is 0.252 e. The molecule has 2 N–H and O–H groups in total. The average Bonchev–Trinajstić information content (AvgIpc) is 2.35. The molecule has 4 heteroatoms. The largest absolute Gasteiger partial charge is 0.387 e. The van der Waals surface area contributed by atoms with Crippen molar-refractivity contribution < 1.29 is 9.90 Å². The number of carbonyl (C=O) groups is 1. The third kappa shape index (κ3) is 3.06. The van der Waals surface area contributed by atoms with Gasteiger partial charge in [-0.05, 0) is 38.7 Å². The molecule has 1 aromatic rings. The molecule has 3 nitrogen and oxygen atoms in total. The van der Waals surface area contributed by atoms with Gasteiger partial charge < -0.3 is 10.4 Å². The fourth-order valence-electron chi connectivity index (χ4n) is 1.96. The number of aliphatic hydroxyl groups is 1. The molecule has 1 amide bonds. The second kappa shape index (κ2) is 5.76. The molecule has 0 unspecified atom stereocenters. The van der Waals surface area contributed by atoms with Gasteiger partial charge in [0.15, 0.2) is 0 Å². The molecule has 100 valence electrons. The van der Waals surface area contributed by atoms with Gasteiger partial charge in [0, 0.05) is 5.56 Å². The first-order valence-corrected chi connectivity index (χ1v) is 7.24. The van der Waals surface area contributed by atoms with E-state index in [-0.39, 0.29) is 5.91 Å². The average molecular weight is 267 g/mol. The van der Waals surface area contributed by atoms with E-state index < -0.39 is 10.5 Å². The Balaban J connectivity index is 2.96. The summed E-state index contributed by atoms with van der Waals surface area (Å²) >= 11 is 1.47. The van der Waals surface area contributed by atoms with Gasteiger partial charge in [0.05, 0.1) is 5.60 Å². The molecular formula is C14H21NO2S. The molecule has 0 spiro atoms. The van der Waals surface area contributed by atoms with Gasteiger partial charge in [-0.2, -0.15) is 0 Å². The Hall–Kier alpha value is -1.00. The Morgan fingerprint density at radius 3 is 2.28 bits per heavy atom. The number of rotatable bonds is 5. The summed E-state index contributed by atoms with van der Waals surface area (Å²) in [5.41, 5.74) is -0.389. The van der Waals surface area contributed by atoms with Gasteiger partial charge in [0.25, 0.3) is 5.91 Å². The minimum Gasteiger partial charge on any atom is -0.387 e. The third-order valence-corrected chi connectivity index (χ3v) is 4.77. The van der Waals surface area contributed by atoms with Crippen LogP contribution in [0.15, 0.2) is 30.3 Å². The first kappa shape index (κ1) is 15.1. The Morgan fingerprint density at radius 2 is 1.89 bits per heavy atom. The predicted octanol–water partition coefficient (Wildman–Crippen LogP) is 2.66. The van der Waals surface area contributed by atoms with Crippen molar-refractivity contribution in [2.45, 2.75) is 37.7 Å². The number of benzene rings is 1. The maximum absolute atomic E-state index is 12.2. The van der Waals surface area contributed by atoms with Crippen LogP contribution in [0, 0.1) is 0 Å². The first-order chi connectivity index (χ1) is 8.36. The molecule has 0 aliphatic rings. The molecule has 0 aromatic heterocycles. The van der Waals surface area contributed by atoms with E-state index in [1.807, 2.05) is 31.4 Å². The monoisotopic (exact) mass is 267 g/mol. The lowest BCUT2D eigenvalue weighted by molar-refractivity contribution is 0.0196. The molecule has 0 bridgehead atoms. The highest BCUT2D eigenvalue weighted by Crippen LogP contribution is 2.35. The van der Waals surface area contributed by atoms with E-state index in [4.69, 9.17) is 0 Å². The van der Waals surface area contributed by atoms with Crippen molar-refractivity contribution in [2.24, 2.45) is 0 Å². The van der Waals surface area contributed by atoms with E-state index in [9.17, 15) is 9.90 Å². The number of hydrogen-bond acceptors (Lipinski definition) is 3. The molecule has 0 heterocycles. The lowest BCUT2D eigenvalue weighted by Gasteiger charge is -2.42. The van der Waals surface area contributed by atoms with E-state index in [0.717, 1.165) is 0 Å². The van der Waals surface area contributed by atoms with Crippen molar-refractivity contribution in [3.05, 3.63) is 35.9 Å². The van der Waals surface area contributed by atoms with Gasteiger partial charge in [0.1, 0.15) is 4.87 Å². The van der Waals surface area contributed by atoms with Crippen LogP contribution in [-0.4, -0.2) is 27.7 Å². The molecule has 18 heavy (non-hydrogen) atoms. The van der Waals surface area contributed by atoms with Crippen LogP contribution in [0.5, 0.6) is 0 Å². The second-order valence-electron chi connectivity index (χ2n) is 4.76. The first-order valence-electron chi connectivity index (χ1n) is 6.01. The number of hydrogen-bond donors (Lipinski definition) is 2. The van der Waals surface area contributed by atoms with Crippen LogP contribution in [0.1, 0.15) is 37.6 Å². The van der Waals surface area contributed by atoms with Gasteiger partial charge in [-0.1, -0.05) is 25.1 Å². The lowest BCUT2D eigenvalue weighted by atomic mass is 9.95. The number of carbonyl (C=O) groups excluding carboxylic acids is 1. The van der Waals surface area contributed by atoms with Crippen LogP contribution < -0.4 is 5.32 Å². The molecule has 0 aliphatic carbocycles. The van der Waals surface area contributed by atoms with E-state index in [0.29, 0.717) is 12.0 Å². The molecule has 1 aromatic carbocycles. The quantitative estimate of drug-likeness (QED) is 0.806. The summed E-state index contributed by atoms with van der Waals surface area (Å²) < 4.78 is 0. The minimum atomic E-state index is -0.994. The van der Waals surface area contributed by atoms with Gasteiger partial charge in [-0.15, -0.1) is 11.8 Å². The van der Waals surface area contributed by atoms with E-state index in [1.54, 1.807) is 26.0 Å². The SMILES string of the molecule is CC[C@@](NC(=O)c1ccccc1)(SC)C(C)(C)O. The van der Waals surface area contributed by atoms with Crippen LogP contribution in [-0.2, 0) is 0 Å². The Morgan fingerprint density at radius 1 is 1.33 bits per heavy atom. The van der Waals surface area contributed by atoms with Gasteiger partial charge >= 0.3 is 0 Å². The van der Waals surface area contributed by atoms with Crippen molar-refractivity contribution in [1.82, 2.24) is 5.32 Å². The second-order valence-corrected chi connectivity index (χ2v) is 5.87. The molecule has 0 aliphatic heterocycles. The number of nitrogens with one attached hydrogen (secondary N) is 1. The Labute approximate surface area is 113 Å². The minimum absolute atomic E-state index is 0.158. The van der Waals surface area contributed by atoms with Crippen LogP contribution in [0.4, 0.5) is 0 Å². The summed E-state index contributed by atoms with van der Waals surface area (Å²) in [7, 11) is 0. The van der Waals surface area contributed by atoms with Crippen molar-refractivity contribution >= 4 is 17.7 Å². The van der Waals surface area contributed by atoms with Crippen molar-refractivity contribution in [3.8, 4) is 0 Å². The van der Waals surface area contributed by atoms with E-state index >= 15 is 0 Å². The van der Waals surface area contributed by atoms with E-state index in [2.05, 4.69) is 5.32 Å². The smallest absolute Gasteiger partial charge is 0.252 e. The fourth-order valence-corrected chi connectivity index (χ4v) is 2.95. The van der Waals surface area contributed by atoms with Gasteiger partial charge in [0.2, 0.25) is 0 Å². The van der Waals surface area contributed by atoms with Crippen LogP contribution in [0.25, 0.3) is 0 Å². The summed E-state index contributed by atoms with van der Waals surface area (Å²) in [6, 6.07) is 9.05. The van der Waals surface area contributed by atoms with Crippen molar-refractivity contribution in [2.75, 3.05) is 6.26 Å². The highest BCUT2D eigenvalue weighted by Gasteiger charge is 2.43. The van der Waals surface area contributed by atoms with Crippen LogP contribution in [0.2, 0.25) is 0 Å². The molecular weight excluding hydrogens is 246 g/mol. The normalized spacial score (nSPS) is 14.9. The standard InChI is InChI=1S/C14H21NO2S/c1-5-14(18-4,13(2,3)17)15-12(16)11-9-7-6-8-10-11/h6-10,17H,5H2,1-4H3,(H,15,16)/t14-/m1/s1. The molecule has 0 fully saturated rings. The number of amides is 1. The number of thioether (sulfide) groups is 1. The van der Waals surface area contributed by atoms with Crippen LogP contribution in [0.3, 0.4) is 0 Å². The summed E-state index contributed by atoms with van der Waals surface area (Å²) in [4.78, 5) is 11.5. The summed E-state index contributed by atoms with van der Waals surface area (Å²) in [5.74, 6) is -0.158. The highest BCUT2D eigenvalue weighted by atomic mass is 32.2. The topological polar surface area (TPSA) is 49.3 Å². The predicted molar refractivity (Wildman–Crippen MR) is 76.7 cm³/mol. The van der Waals surface area contributed by atoms with Gasteiger partial charge in [-0.25, -0.2) is 0 Å². The zero-order valence-electron chi connectivity index (χ0n) is 11.4. The lowest BCUT2D eigenvalue weighted by Crippen LogP contribution is -2.59. The fraction of sp³-hybridized carbons (Fsp3) is 0.500. The Bertz CT molecular complexity index is 394. The molecule has 0 radical (unpaired) electrons. The molecule has 0 saturated carbocycles. The molecule has 1 rings (SSSR count). The summed E-state index contributed by atoms with van der Waals surface area (Å²) in [6.45, 7) is 5.40. The highest BCUT2D eigenvalue weighted by molar-refractivity contribution is 8.00. The maximum atomic E-state index is 12.2. The Kier molecular flexibility index (Phi) is 4.82. The summed E-state index contributed by atoms with van der Waals surface area (Å²) in [6.07, 6.45) is 2.54. The van der Waals surface area contributed by atoms with Crippen LogP contribution >= 0.6 is 11.8 Å². The zero-order valence-corrected chi connectivity index (χ0v) is 12.2. The van der Waals surface area contributed by atoms with E-state index in [1.165, 1.54) is 11.8 Å². The molecule has 1 atom stereocenters. The molecule has 0 saturated heterocycles. The third-order valence-electron chi connectivity index (χ3n) is 3.19. The van der Waals surface area contributed by atoms with Gasteiger partial charge in [-0.3, -0.25) is 4.79 Å².